The van der Waals surface area contributed by atoms with Crippen molar-refractivity contribution in [1.82, 2.24) is 0 Å². The van der Waals surface area contributed by atoms with Gasteiger partial charge in [-0.3, -0.25) is 0 Å². The molecule has 0 aliphatic carbocycles. The Labute approximate surface area is 102 Å². The third-order valence-electron chi connectivity index (χ3n) is 2.87. The van der Waals surface area contributed by atoms with Crippen molar-refractivity contribution in [2.24, 2.45) is 5.73 Å². The topological polar surface area (TPSA) is 42.4 Å². The molecule has 3 nitrogen and oxygen atoms in total. The van der Waals surface area contributed by atoms with E-state index in [1.165, 1.54) is 16.8 Å². The second kappa shape index (κ2) is 5.06. The van der Waals surface area contributed by atoms with Crippen molar-refractivity contribution in [3.63, 3.8) is 0 Å². The van der Waals surface area contributed by atoms with Crippen molar-refractivity contribution in [3.05, 3.63) is 53.5 Å². The quantitative estimate of drug-likeness (QED) is 0.878. The predicted molar refractivity (Wildman–Crippen MR) is 69.9 cm³/mol. The summed E-state index contributed by atoms with van der Waals surface area (Å²) in [6.07, 6.45) is 3.47. The molecule has 0 aliphatic rings. The molecule has 3 heteroatoms. The number of furan rings is 1. The van der Waals surface area contributed by atoms with E-state index in [1.807, 2.05) is 6.07 Å². The lowest BCUT2D eigenvalue weighted by molar-refractivity contribution is 0.563. The average Bonchev–Trinajstić information content (AvgIpc) is 2.81. The van der Waals surface area contributed by atoms with Crippen molar-refractivity contribution >= 4 is 5.69 Å². The average molecular weight is 230 g/mol. The Morgan fingerprint density at radius 2 is 2.12 bits per heavy atom. The number of hydrogen-bond acceptors (Lipinski definition) is 3. The maximum absolute atomic E-state index is 5.79. The summed E-state index contributed by atoms with van der Waals surface area (Å²) >= 11 is 0. The number of benzene rings is 1. The Morgan fingerprint density at radius 1 is 1.29 bits per heavy atom. The lowest BCUT2D eigenvalue weighted by Gasteiger charge is -2.21. The Bertz CT molecular complexity index is 477. The standard InChI is InChI=1S/C14H18N2O/c1-11-3-4-14(13(7-11)8-15)16(2)9-12-5-6-17-10-12/h3-7,10H,8-9,15H2,1-2H3. The molecule has 0 atom stereocenters. The first-order valence-electron chi connectivity index (χ1n) is 5.72. The first kappa shape index (κ1) is 11.7. The molecule has 90 valence electrons. The number of aryl methyl sites for hydroxylation is 1. The van der Waals surface area contributed by atoms with Crippen molar-refractivity contribution in [2.45, 2.75) is 20.0 Å². The van der Waals surface area contributed by atoms with E-state index in [2.05, 4.69) is 37.1 Å². The van der Waals surface area contributed by atoms with Crippen LogP contribution in [0.2, 0.25) is 0 Å². The summed E-state index contributed by atoms with van der Waals surface area (Å²) < 4.78 is 5.08. The zero-order chi connectivity index (χ0) is 12.3. The number of nitrogens with zero attached hydrogens (tertiary/aromatic N) is 1. The van der Waals surface area contributed by atoms with Crippen molar-refractivity contribution in [1.29, 1.82) is 0 Å². The molecule has 0 radical (unpaired) electrons. The van der Waals surface area contributed by atoms with Gasteiger partial charge < -0.3 is 15.1 Å². The van der Waals surface area contributed by atoms with Gasteiger partial charge in [0.25, 0.3) is 0 Å². The number of nitrogens with two attached hydrogens (primary N) is 1. The van der Waals surface area contributed by atoms with Gasteiger partial charge in [0.15, 0.2) is 0 Å². The fraction of sp³-hybridized carbons (Fsp3) is 0.286. The summed E-state index contributed by atoms with van der Waals surface area (Å²) in [7, 11) is 2.07. The summed E-state index contributed by atoms with van der Waals surface area (Å²) in [5.74, 6) is 0. The number of anilines is 1. The molecule has 1 aromatic heterocycles. The van der Waals surface area contributed by atoms with E-state index in [-0.39, 0.29) is 0 Å². The molecule has 0 amide bonds. The zero-order valence-corrected chi connectivity index (χ0v) is 10.3. The molecule has 17 heavy (non-hydrogen) atoms. The Hall–Kier alpha value is -1.74. The minimum atomic E-state index is 0.562. The van der Waals surface area contributed by atoms with Gasteiger partial charge in [0.1, 0.15) is 0 Å². The van der Waals surface area contributed by atoms with Gasteiger partial charge in [-0.15, -0.1) is 0 Å². The van der Waals surface area contributed by atoms with Gasteiger partial charge in [0.2, 0.25) is 0 Å². The van der Waals surface area contributed by atoms with Crippen molar-refractivity contribution in [2.75, 3.05) is 11.9 Å². The van der Waals surface area contributed by atoms with Gasteiger partial charge in [-0.1, -0.05) is 17.7 Å². The molecule has 2 N–H and O–H groups in total. The summed E-state index contributed by atoms with van der Waals surface area (Å²) in [6.45, 7) is 3.47. The van der Waals surface area contributed by atoms with E-state index in [9.17, 15) is 0 Å². The lowest BCUT2D eigenvalue weighted by Crippen LogP contribution is -2.18. The fourth-order valence-corrected chi connectivity index (χ4v) is 1.99. The highest BCUT2D eigenvalue weighted by Crippen LogP contribution is 2.22. The normalized spacial score (nSPS) is 10.5. The number of hydrogen-bond donors (Lipinski definition) is 1. The van der Waals surface area contributed by atoms with Crippen LogP contribution in [0.4, 0.5) is 5.69 Å². The van der Waals surface area contributed by atoms with Gasteiger partial charge in [0, 0.05) is 31.4 Å². The number of rotatable bonds is 4. The minimum absolute atomic E-state index is 0.562. The van der Waals surface area contributed by atoms with Crippen LogP contribution in [0.15, 0.2) is 41.2 Å². The van der Waals surface area contributed by atoms with Crippen LogP contribution in [0, 0.1) is 6.92 Å². The van der Waals surface area contributed by atoms with Crippen LogP contribution < -0.4 is 10.6 Å². The third-order valence-corrected chi connectivity index (χ3v) is 2.87. The third kappa shape index (κ3) is 2.68. The van der Waals surface area contributed by atoms with Crippen LogP contribution in [0.25, 0.3) is 0 Å². The van der Waals surface area contributed by atoms with E-state index in [1.54, 1.807) is 12.5 Å². The van der Waals surface area contributed by atoms with Crippen molar-refractivity contribution in [3.8, 4) is 0 Å². The highest BCUT2D eigenvalue weighted by Gasteiger charge is 2.07. The van der Waals surface area contributed by atoms with E-state index in [0.29, 0.717) is 6.54 Å². The highest BCUT2D eigenvalue weighted by molar-refractivity contribution is 5.54. The maximum Gasteiger partial charge on any atom is 0.0952 e. The van der Waals surface area contributed by atoms with E-state index >= 15 is 0 Å². The second-order valence-corrected chi connectivity index (χ2v) is 4.32. The van der Waals surface area contributed by atoms with Crippen LogP contribution in [-0.2, 0) is 13.1 Å². The van der Waals surface area contributed by atoms with E-state index in [0.717, 1.165) is 12.1 Å². The molecule has 0 aliphatic heterocycles. The van der Waals surface area contributed by atoms with Crippen LogP contribution in [0.1, 0.15) is 16.7 Å². The van der Waals surface area contributed by atoms with E-state index in [4.69, 9.17) is 10.2 Å². The second-order valence-electron chi connectivity index (χ2n) is 4.32. The van der Waals surface area contributed by atoms with Crippen LogP contribution >= 0.6 is 0 Å². The molecule has 0 unspecified atom stereocenters. The molecule has 2 rings (SSSR count). The first-order chi connectivity index (χ1) is 8.20. The molecule has 0 spiro atoms. The smallest absolute Gasteiger partial charge is 0.0952 e. The Balaban J connectivity index is 2.21. The van der Waals surface area contributed by atoms with Crippen LogP contribution in [-0.4, -0.2) is 7.05 Å². The largest absolute Gasteiger partial charge is 0.472 e. The highest BCUT2D eigenvalue weighted by atomic mass is 16.3. The molecular weight excluding hydrogens is 212 g/mol. The molecule has 1 aromatic carbocycles. The van der Waals surface area contributed by atoms with Crippen LogP contribution in [0.5, 0.6) is 0 Å². The summed E-state index contributed by atoms with van der Waals surface area (Å²) in [6, 6.07) is 8.35. The lowest BCUT2D eigenvalue weighted by atomic mass is 10.1. The molecule has 0 fully saturated rings. The molecule has 0 saturated carbocycles. The van der Waals surface area contributed by atoms with Crippen LogP contribution in [0.3, 0.4) is 0 Å². The summed E-state index contributed by atoms with van der Waals surface area (Å²) in [5.41, 5.74) is 10.5. The molecule has 2 aromatic rings. The minimum Gasteiger partial charge on any atom is -0.472 e. The molecule has 1 heterocycles. The predicted octanol–water partition coefficient (Wildman–Crippen LogP) is 2.68. The fourth-order valence-electron chi connectivity index (χ4n) is 1.99. The molecule has 0 saturated heterocycles. The summed E-state index contributed by atoms with van der Waals surface area (Å²) in [4.78, 5) is 2.19. The summed E-state index contributed by atoms with van der Waals surface area (Å²) in [5, 5.41) is 0. The molecule has 0 bridgehead atoms. The van der Waals surface area contributed by atoms with Gasteiger partial charge in [-0.05, 0) is 24.6 Å². The van der Waals surface area contributed by atoms with Gasteiger partial charge in [-0.2, -0.15) is 0 Å². The Kier molecular flexibility index (Phi) is 3.49. The SMILES string of the molecule is Cc1ccc(N(C)Cc2ccoc2)c(CN)c1. The van der Waals surface area contributed by atoms with Gasteiger partial charge >= 0.3 is 0 Å². The van der Waals surface area contributed by atoms with Gasteiger partial charge in [0.05, 0.1) is 12.5 Å². The molecular formula is C14H18N2O. The maximum atomic E-state index is 5.79. The zero-order valence-electron chi connectivity index (χ0n) is 10.3. The first-order valence-corrected chi connectivity index (χ1v) is 5.72. The Morgan fingerprint density at radius 3 is 2.76 bits per heavy atom. The monoisotopic (exact) mass is 230 g/mol. The van der Waals surface area contributed by atoms with Gasteiger partial charge in [-0.25, -0.2) is 0 Å². The van der Waals surface area contributed by atoms with Crippen molar-refractivity contribution < 1.29 is 4.42 Å². The van der Waals surface area contributed by atoms with E-state index < -0.39 is 0 Å².